The van der Waals surface area contributed by atoms with Crippen LogP contribution in [0.2, 0.25) is 0 Å². The van der Waals surface area contributed by atoms with Crippen LogP contribution < -0.4 is 53.1 Å². The number of fused-ring (bicyclic) bond motifs is 3. The van der Waals surface area contributed by atoms with E-state index in [0.717, 1.165) is 22.7 Å². The van der Waals surface area contributed by atoms with Crippen LogP contribution in [-0.4, -0.2) is 103 Å². The van der Waals surface area contributed by atoms with E-state index in [4.69, 9.17) is 53.1 Å². The number of para-hydroxylation sites is 1. The smallest absolute Gasteiger partial charge is 0.203 e. The first-order chi connectivity index (χ1) is 40.3. The molecule has 9 rings (SSSR count). The minimum absolute atomic E-state index is 0. The number of aromatic nitrogens is 3. The molecule has 0 bridgehead atoms. The predicted molar refractivity (Wildman–Crippen MR) is 331 cm³/mol. The van der Waals surface area contributed by atoms with E-state index in [1.165, 1.54) is 21.3 Å². The zero-order chi connectivity index (χ0) is 60.3. The van der Waals surface area contributed by atoms with Crippen molar-refractivity contribution in [2.75, 3.05) is 83.4 Å². The molecule has 0 spiro atoms. The number of phenols is 2. The molecule has 23 nitrogen and oxygen atoms in total. The maximum Gasteiger partial charge on any atom is 0.203 e. The molecule has 0 atom stereocenters. The standard InChI is InChI=1S/C19H19N3O4.C18H17N3O4.C9H13NO3.C9H7NO.C5H11NO2.2CH4/c1-23-15-8-7-14(13-6-5-9-20-18(13)15)22-21-12-10-16(24-2)19(26-4)17(11-12)25-3;1-23-15-9-11(10-16(24-2)18(15)25-3)20-21-13-6-7-14(22)17-12(13)5-4-8-19-17;1-11-7-4-6(10)5-8(12-2)9(7)13-3;11-8-5-1-3-7-4-2-6-10-9(7)8;1-5(2)3-4-8-6-7;;/h5-11H,1-4H3;4-10,22H,1-3H3;4-5H,10H2,1-3H3;1-6,11H;5H,3-4H2,1-2H3;2*1H4. The number of ether oxygens (including phenoxy) is 10. The monoisotopic (exact) mass is 1170 g/mol. The Labute approximate surface area is 494 Å². The van der Waals surface area contributed by atoms with E-state index >= 15 is 0 Å². The van der Waals surface area contributed by atoms with Crippen LogP contribution in [-0.2, 0) is 4.84 Å². The molecule has 3 heterocycles. The van der Waals surface area contributed by atoms with Crippen LogP contribution in [0.4, 0.5) is 28.4 Å². The van der Waals surface area contributed by atoms with Gasteiger partial charge in [0.1, 0.15) is 40.4 Å². The lowest BCUT2D eigenvalue weighted by molar-refractivity contribution is 0.128. The third kappa shape index (κ3) is 18.8. The van der Waals surface area contributed by atoms with E-state index in [-0.39, 0.29) is 26.4 Å². The number of nitrogen functional groups attached to an aromatic ring is 1. The number of nitrogens with two attached hydrogens (primary N) is 1. The first-order valence-corrected chi connectivity index (χ1v) is 25.2. The fraction of sp³-hybridized carbons (Fsp3) is 0.274. The maximum absolute atomic E-state index is 9.89. The number of aromatic hydroxyl groups is 2. The Balaban J connectivity index is 0.000000295. The van der Waals surface area contributed by atoms with Crippen molar-refractivity contribution in [2.45, 2.75) is 35.1 Å². The number of rotatable bonds is 18. The summed E-state index contributed by atoms with van der Waals surface area (Å²) >= 11 is 0. The quantitative estimate of drug-likeness (QED) is 0.0236. The largest absolute Gasteiger partial charge is 0.506 e. The summed E-state index contributed by atoms with van der Waals surface area (Å²) in [6.45, 7) is 4.57. The van der Waals surface area contributed by atoms with Crippen LogP contribution >= 0.6 is 0 Å². The van der Waals surface area contributed by atoms with Crippen LogP contribution in [0.15, 0.2) is 160 Å². The van der Waals surface area contributed by atoms with Gasteiger partial charge >= 0.3 is 0 Å². The highest BCUT2D eigenvalue weighted by molar-refractivity contribution is 5.94. The SMILES string of the molecule is C.C.CC(C)CCON=O.COc1cc(N)cc(OC)c1OC.COc1cc(N=Nc2ccc(O)c3ncccc23)cc(OC)c1OC.COc1cc(N=Nc2ccc(OC)c3ncccc23)cc(OC)c1OC.Oc1cccc2cccnc12. The molecule has 452 valence electrons. The molecule has 85 heavy (non-hydrogen) atoms. The summed E-state index contributed by atoms with van der Waals surface area (Å²) in [7, 11) is 15.6. The number of methoxy groups -OCH3 is 10. The second-order valence-electron chi connectivity index (χ2n) is 17.3. The summed E-state index contributed by atoms with van der Waals surface area (Å²) in [5.74, 6) is 6.31. The second-order valence-corrected chi connectivity index (χ2v) is 17.3. The molecule has 23 heteroatoms. The minimum Gasteiger partial charge on any atom is -0.506 e. The average molecular weight is 1170 g/mol. The zero-order valence-electron chi connectivity index (χ0n) is 48.1. The van der Waals surface area contributed by atoms with E-state index in [9.17, 15) is 15.1 Å². The molecule has 9 aromatic rings. The van der Waals surface area contributed by atoms with Crippen molar-refractivity contribution >= 4 is 61.1 Å². The Morgan fingerprint density at radius 3 is 1.26 bits per heavy atom. The van der Waals surface area contributed by atoms with Gasteiger partial charge in [-0.05, 0) is 73.0 Å². The molecule has 3 aromatic heterocycles. The third-order valence-electron chi connectivity index (χ3n) is 11.6. The van der Waals surface area contributed by atoms with E-state index in [1.54, 1.807) is 135 Å². The highest BCUT2D eigenvalue weighted by Gasteiger charge is 2.16. The summed E-state index contributed by atoms with van der Waals surface area (Å²) < 4.78 is 52.5. The lowest BCUT2D eigenvalue weighted by atomic mass is 10.1. The number of hydrogen-bond donors (Lipinski definition) is 3. The van der Waals surface area contributed by atoms with Gasteiger partial charge in [-0.15, -0.1) is 15.1 Å². The van der Waals surface area contributed by atoms with Gasteiger partial charge in [-0.3, -0.25) is 15.0 Å². The zero-order valence-corrected chi connectivity index (χ0v) is 48.1. The lowest BCUT2D eigenvalue weighted by Crippen LogP contribution is -1.96. The highest BCUT2D eigenvalue weighted by atomic mass is 16.7. The Morgan fingerprint density at radius 1 is 0.447 bits per heavy atom. The van der Waals surface area contributed by atoms with Crippen LogP contribution in [0.1, 0.15) is 35.1 Å². The third-order valence-corrected chi connectivity index (χ3v) is 11.6. The first kappa shape index (κ1) is 68.8. The van der Waals surface area contributed by atoms with Gasteiger partial charge in [0, 0.05) is 76.8 Å². The summed E-state index contributed by atoms with van der Waals surface area (Å²) in [6, 6.07) is 33.6. The van der Waals surface area contributed by atoms with Crippen LogP contribution in [0.25, 0.3) is 32.7 Å². The highest BCUT2D eigenvalue weighted by Crippen LogP contribution is 2.44. The van der Waals surface area contributed by atoms with E-state index in [0.29, 0.717) is 115 Å². The fourth-order valence-electron chi connectivity index (χ4n) is 7.60. The number of anilines is 1. The van der Waals surface area contributed by atoms with Crippen molar-refractivity contribution in [3.63, 3.8) is 0 Å². The number of hydrogen-bond acceptors (Lipinski definition) is 23. The van der Waals surface area contributed by atoms with Crippen LogP contribution in [0, 0.1) is 10.8 Å². The van der Waals surface area contributed by atoms with E-state index in [1.807, 2.05) is 48.5 Å². The summed E-state index contributed by atoms with van der Waals surface area (Å²) in [6.07, 6.45) is 5.89. The molecule has 0 amide bonds. The number of pyridine rings is 3. The molecule has 0 aliphatic rings. The number of azo groups is 2. The molecule has 0 aliphatic heterocycles. The van der Waals surface area contributed by atoms with Gasteiger partial charge in [0.25, 0.3) is 0 Å². The van der Waals surface area contributed by atoms with Crippen LogP contribution in [0.3, 0.4) is 0 Å². The molecular weight excluding hydrogens is 1090 g/mol. The molecule has 4 N–H and O–H groups in total. The van der Waals surface area contributed by atoms with Crippen molar-refractivity contribution in [2.24, 2.45) is 31.7 Å². The molecule has 0 fully saturated rings. The topological polar surface area (TPSA) is 286 Å². The number of phenolic OH excluding ortho intramolecular Hbond substituents is 2. The van der Waals surface area contributed by atoms with E-state index < -0.39 is 0 Å². The van der Waals surface area contributed by atoms with E-state index in [2.05, 4.69) is 59.4 Å². The molecular formula is C62H75N9O14. The minimum atomic E-state index is 0. The number of nitrogens with zero attached hydrogens (tertiary/aromatic N) is 8. The van der Waals surface area contributed by atoms with Gasteiger partial charge in [-0.2, -0.15) is 10.2 Å². The molecule has 0 saturated carbocycles. The lowest BCUT2D eigenvalue weighted by Gasteiger charge is -2.12. The Morgan fingerprint density at radius 2 is 0.835 bits per heavy atom. The van der Waals surface area contributed by atoms with Gasteiger partial charge in [0.2, 0.25) is 17.2 Å². The summed E-state index contributed by atoms with van der Waals surface area (Å²) in [5, 5.41) is 41.2. The van der Waals surface area contributed by atoms with Gasteiger partial charge in [0.05, 0.1) is 93.8 Å². The number of benzene rings is 6. The normalized spacial score (nSPS) is 10.2. The van der Waals surface area contributed by atoms with Gasteiger partial charge in [-0.1, -0.05) is 46.9 Å². The predicted octanol–water partition coefficient (Wildman–Crippen LogP) is 15.3. The average Bonchev–Trinajstić information content (AvgIpc) is 3.52. The van der Waals surface area contributed by atoms with Crippen molar-refractivity contribution in [3.05, 3.63) is 139 Å². The Hall–Kier alpha value is -10.5. The fourth-order valence-corrected chi connectivity index (χ4v) is 7.60. The molecule has 0 aliphatic carbocycles. The van der Waals surface area contributed by atoms with Crippen molar-refractivity contribution < 1.29 is 62.4 Å². The molecule has 0 radical (unpaired) electrons. The summed E-state index contributed by atoms with van der Waals surface area (Å²) in [5.41, 5.74) is 10.5. The Bertz CT molecular complexity index is 3530. The van der Waals surface area contributed by atoms with Crippen LogP contribution in [0.5, 0.6) is 69.0 Å². The van der Waals surface area contributed by atoms with Gasteiger partial charge < -0.3 is 68.2 Å². The molecule has 0 saturated heterocycles. The molecule has 0 unspecified atom stereocenters. The molecule has 6 aromatic carbocycles. The van der Waals surface area contributed by atoms with Gasteiger partial charge in [-0.25, -0.2) is 0 Å². The van der Waals surface area contributed by atoms with Crippen molar-refractivity contribution in [1.29, 1.82) is 0 Å². The maximum atomic E-state index is 9.89. The van der Waals surface area contributed by atoms with Crippen molar-refractivity contribution in [3.8, 4) is 69.0 Å². The Kier molecular flexibility index (Phi) is 28.7. The van der Waals surface area contributed by atoms with Gasteiger partial charge in [0.15, 0.2) is 39.8 Å². The second kappa shape index (κ2) is 35.4. The van der Waals surface area contributed by atoms with Crippen molar-refractivity contribution in [1.82, 2.24) is 15.0 Å². The first-order valence-electron chi connectivity index (χ1n) is 25.2. The summed E-state index contributed by atoms with van der Waals surface area (Å²) in [4.78, 5) is 26.1.